The molecular weight excluding hydrogens is 709 g/mol. The summed E-state index contributed by atoms with van der Waals surface area (Å²) in [5, 5.41) is 62.9. The number of ketones is 2. The number of primary amides is 1. The summed E-state index contributed by atoms with van der Waals surface area (Å²) in [4.78, 5) is 62.8. The SMILES string of the molecule is CCCC(CCC)C(=O)O.CCCC(CCC)C(=O)[O-].CN(C)c1ccc(O)c2c1C[C@H]1C[C@H]3[C@H](N(C)C)C(O)=C(C(N)=O)C(=O)[C@@]3(O)C(O)=C1C2=O.[Na+]. The molecule has 0 fully saturated rings. The molecule has 1 amide bonds. The fraction of sp³-hybridized carbons (Fsp3) is 0.615. The number of hydrogen-bond acceptors (Lipinski definition) is 12. The minimum Gasteiger partial charge on any atom is -0.550 e. The number of Topliss-reactive ketones (excluding diaryl/α,β-unsaturated/α-hetero) is 2. The van der Waals surface area contributed by atoms with Crippen molar-refractivity contribution >= 4 is 35.1 Å². The van der Waals surface area contributed by atoms with Crippen LogP contribution in [0.3, 0.4) is 0 Å². The second-order valence-corrected chi connectivity index (χ2v) is 14.5. The van der Waals surface area contributed by atoms with Gasteiger partial charge in [0.2, 0.25) is 5.78 Å². The quantitative estimate of drug-likeness (QED) is 0.118. The van der Waals surface area contributed by atoms with Gasteiger partial charge in [-0.3, -0.25) is 24.1 Å². The topological polar surface area (TPSA) is 242 Å². The molecule has 1 aromatic carbocycles. The summed E-state index contributed by atoms with van der Waals surface area (Å²) < 4.78 is 0. The fourth-order valence-electron chi connectivity index (χ4n) is 7.82. The predicted molar refractivity (Wildman–Crippen MR) is 197 cm³/mol. The standard InChI is InChI=1S/C23H27N3O7.2C8H16O2.Na/c1-25(2)12-5-6-13(27)15-10(12)7-9-8-11-17(26(3)4)19(29)16(22(24)32)21(31)23(11,33)20(30)14(9)18(15)28;2*1-3-5-7(6-4-2)8(9)10;/h5-6,9,11,17,27,29-30,33H,7-8H2,1-4H3,(H2,24,32);2*7H,3-6H2,1-2H3,(H,9,10);/q;;;+1/p-1/t9-,11-,17-,23-;;;/m0.../s1. The molecule has 0 radical (unpaired) electrons. The second-order valence-electron chi connectivity index (χ2n) is 14.5. The normalized spacial score (nSPS) is 21.6. The molecule has 15 heteroatoms. The molecule has 0 saturated heterocycles. The van der Waals surface area contributed by atoms with E-state index in [1.807, 2.05) is 27.7 Å². The van der Waals surface area contributed by atoms with Crippen LogP contribution in [0.1, 0.15) is 101 Å². The van der Waals surface area contributed by atoms with Crippen molar-refractivity contribution in [3.05, 3.63) is 45.9 Å². The Morgan fingerprint density at radius 3 is 1.81 bits per heavy atom. The maximum Gasteiger partial charge on any atom is 1.00 e. The second kappa shape index (κ2) is 21.0. The fourth-order valence-corrected chi connectivity index (χ4v) is 7.82. The first kappa shape index (κ1) is 48.6. The number of nitrogens with zero attached hydrogens (tertiary/aromatic N) is 2. The number of amides is 1. The van der Waals surface area contributed by atoms with Gasteiger partial charge < -0.3 is 46.1 Å². The predicted octanol–water partition coefficient (Wildman–Crippen LogP) is 0.431. The van der Waals surface area contributed by atoms with Crippen LogP contribution in [0.4, 0.5) is 5.69 Å². The van der Waals surface area contributed by atoms with Crippen LogP contribution in [0.2, 0.25) is 0 Å². The number of fused-ring (bicyclic) bond motifs is 3. The van der Waals surface area contributed by atoms with E-state index in [0.29, 0.717) is 5.56 Å². The zero-order chi connectivity index (χ0) is 40.5. The van der Waals surface area contributed by atoms with E-state index in [0.717, 1.165) is 57.1 Å². The van der Waals surface area contributed by atoms with Gasteiger partial charge in [-0.25, -0.2) is 0 Å². The Kier molecular flexibility index (Phi) is 18.9. The molecule has 4 atom stereocenters. The average molecular weight is 768 g/mol. The number of rotatable bonds is 13. The number of aromatic hydroxyl groups is 1. The Balaban J connectivity index is 0.000000573. The van der Waals surface area contributed by atoms with Crippen molar-refractivity contribution in [2.24, 2.45) is 29.4 Å². The van der Waals surface area contributed by atoms with Crippen molar-refractivity contribution in [1.29, 1.82) is 0 Å². The maximum absolute atomic E-state index is 13.5. The van der Waals surface area contributed by atoms with Crippen molar-refractivity contribution in [3.63, 3.8) is 0 Å². The van der Waals surface area contributed by atoms with Crippen LogP contribution in [0.15, 0.2) is 34.8 Å². The molecule has 1 aromatic rings. The van der Waals surface area contributed by atoms with Gasteiger partial charge >= 0.3 is 35.5 Å². The molecule has 0 aromatic heterocycles. The third-order valence-corrected chi connectivity index (χ3v) is 10.3. The number of nitrogens with two attached hydrogens (primary N) is 1. The van der Waals surface area contributed by atoms with Crippen LogP contribution in [0.5, 0.6) is 5.75 Å². The summed E-state index contributed by atoms with van der Waals surface area (Å²) in [7, 11) is 6.79. The van der Waals surface area contributed by atoms with E-state index in [1.54, 1.807) is 39.2 Å². The van der Waals surface area contributed by atoms with Crippen molar-refractivity contribution in [2.75, 3.05) is 33.1 Å². The molecular formula is C39H58N3NaO11. The van der Waals surface area contributed by atoms with Gasteiger partial charge in [-0.15, -0.1) is 0 Å². The molecule has 14 nitrogen and oxygen atoms in total. The number of carbonyl (C=O) groups excluding carboxylic acids is 4. The molecule has 0 aliphatic heterocycles. The third kappa shape index (κ3) is 10.2. The molecule has 296 valence electrons. The summed E-state index contributed by atoms with van der Waals surface area (Å²) in [5.41, 5.74) is 3.02. The summed E-state index contributed by atoms with van der Waals surface area (Å²) >= 11 is 0. The number of phenolic OH excluding ortho intramolecular Hbond substituents is 1. The largest absolute Gasteiger partial charge is 1.00 e. The monoisotopic (exact) mass is 767 g/mol. The number of carboxylic acid groups (broad SMARTS) is 2. The Morgan fingerprint density at radius 1 is 0.907 bits per heavy atom. The van der Waals surface area contributed by atoms with Gasteiger partial charge in [-0.1, -0.05) is 53.4 Å². The number of aliphatic hydroxyl groups excluding tert-OH is 2. The van der Waals surface area contributed by atoms with E-state index < -0.39 is 70.0 Å². The number of allylic oxidation sites excluding steroid dienone is 1. The maximum atomic E-state index is 13.5. The number of anilines is 1. The molecule has 0 saturated carbocycles. The van der Waals surface area contributed by atoms with Gasteiger partial charge in [0.1, 0.15) is 22.8 Å². The molecule has 3 aliphatic rings. The summed E-state index contributed by atoms with van der Waals surface area (Å²) in [5.74, 6) is -8.37. The Bertz CT molecular complexity index is 1570. The molecule has 7 N–H and O–H groups in total. The van der Waals surface area contributed by atoms with Crippen molar-refractivity contribution in [2.45, 2.75) is 104 Å². The Labute approximate surface area is 340 Å². The van der Waals surface area contributed by atoms with Gasteiger partial charge in [-0.2, -0.15) is 0 Å². The minimum absolute atomic E-state index is 0. The van der Waals surface area contributed by atoms with Gasteiger partial charge in [0.05, 0.1) is 17.5 Å². The van der Waals surface area contributed by atoms with Gasteiger partial charge in [0.25, 0.3) is 5.91 Å². The van der Waals surface area contributed by atoms with Crippen LogP contribution in [-0.2, 0) is 25.6 Å². The summed E-state index contributed by atoms with van der Waals surface area (Å²) in [6.07, 6.45) is 7.29. The third-order valence-electron chi connectivity index (χ3n) is 10.3. The smallest absolute Gasteiger partial charge is 0.550 e. The number of benzene rings is 1. The molecule has 0 heterocycles. The van der Waals surface area contributed by atoms with Crippen LogP contribution in [-0.4, -0.2) is 99.7 Å². The van der Waals surface area contributed by atoms with Gasteiger partial charge in [0.15, 0.2) is 11.4 Å². The number of carbonyl (C=O) groups is 5. The zero-order valence-corrected chi connectivity index (χ0v) is 35.3. The first-order valence-corrected chi connectivity index (χ1v) is 18.4. The van der Waals surface area contributed by atoms with Crippen LogP contribution < -0.4 is 45.3 Å². The van der Waals surface area contributed by atoms with Crippen molar-refractivity contribution < 1.29 is 84.2 Å². The number of carboxylic acids is 2. The number of aliphatic carboxylic acids is 2. The zero-order valence-electron chi connectivity index (χ0n) is 33.3. The van der Waals surface area contributed by atoms with E-state index in [9.17, 15) is 49.5 Å². The van der Waals surface area contributed by atoms with E-state index in [2.05, 4.69) is 0 Å². The van der Waals surface area contributed by atoms with Crippen LogP contribution in [0.25, 0.3) is 0 Å². The molecule has 0 spiro atoms. The molecule has 0 unspecified atom stereocenters. The average Bonchev–Trinajstić information content (AvgIpc) is 3.06. The van der Waals surface area contributed by atoms with E-state index in [1.165, 1.54) is 11.0 Å². The van der Waals surface area contributed by atoms with Gasteiger partial charge in [-0.05, 0) is 82.2 Å². The van der Waals surface area contributed by atoms with E-state index >= 15 is 0 Å². The number of phenols is 1. The molecule has 54 heavy (non-hydrogen) atoms. The van der Waals surface area contributed by atoms with Crippen LogP contribution in [0, 0.1) is 23.7 Å². The summed E-state index contributed by atoms with van der Waals surface area (Å²) in [6, 6.07) is 2.06. The van der Waals surface area contributed by atoms with Crippen molar-refractivity contribution in [3.8, 4) is 5.75 Å². The minimum atomic E-state index is -2.63. The van der Waals surface area contributed by atoms with E-state index in [4.69, 9.17) is 10.8 Å². The molecule has 4 rings (SSSR count). The number of likely N-dealkylation sites (N-methyl/N-ethyl adjacent to an activating group) is 1. The number of hydrogen-bond donors (Lipinski definition) is 6. The number of aliphatic hydroxyl groups is 3. The molecule has 0 bridgehead atoms. The Morgan fingerprint density at radius 2 is 1.41 bits per heavy atom. The van der Waals surface area contributed by atoms with Gasteiger partial charge in [0, 0.05) is 37.2 Å². The van der Waals surface area contributed by atoms with Crippen LogP contribution >= 0.6 is 0 Å². The van der Waals surface area contributed by atoms with Crippen molar-refractivity contribution in [1.82, 2.24) is 4.90 Å². The van der Waals surface area contributed by atoms with E-state index in [-0.39, 0.29) is 71.1 Å². The molecule has 3 aliphatic carbocycles. The first-order chi connectivity index (χ1) is 24.8. The summed E-state index contributed by atoms with van der Waals surface area (Å²) in [6.45, 7) is 8.02. The first-order valence-electron chi connectivity index (χ1n) is 18.4. The Hall–Kier alpha value is -3.43.